The summed E-state index contributed by atoms with van der Waals surface area (Å²) >= 11 is 0. The molecule has 0 aromatic rings. The van der Waals surface area contributed by atoms with E-state index in [1.807, 2.05) is 0 Å². The second-order valence-corrected chi connectivity index (χ2v) is 3.55. The van der Waals surface area contributed by atoms with Crippen LogP contribution in [-0.4, -0.2) is 38.8 Å². The van der Waals surface area contributed by atoms with Gasteiger partial charge in [0.2, 0.25) is 0 Å². The molecule has 13 heavy (non-hydrogen) atoms. The summed E-state index contributed by atoms with van der Waals surface area (Å²) in [7, 11) is 12.2. The van der Waals surface area contributed by atoms with Crippen LogP contribution in [0.15, 0.2) is 0 Å². The standard InChI is InChI=1S/C5H12BO4P3/c6-5-4(10-13)3(9-12)2(8-5)1-7-11/h2-5H,1,11-13H2. The van der Waals surface area contributed by atoms with Crippen molar-refractivity contribution in [1.82, 2.24) is 0 Å². The topological polar surface area (TPSA) is 36.9 Å². The fraction of sp³-hybridized carbons (Fsp3) is 1.00. The zero-order chi connectivity index (χ0) is 9.84. The van der Waals surface area contributed by atoms with E-state index in [-0.39, 0.29) is 18.3 Å². The lowest BCUT2D eigenvalue weighted by Gasteiger charge is -2.19. The first kappa shape index (κ1) is 12.3. The van der Waals surface area contributed by atoms with E-state index in [2.05, 4.69) is 28.4 Å². The Morgan fingerprint density at radius 3 is 2.23 bits per heavy atom. The van der Waals surface area contributed by atoms with E-state index in [1.54, 1.807) is 0 Å². The molecule has 7 unspecified atom stereocenters. The van der Waals surface area contributed by atoms with Crippen LogP contribution >= 0.6 is 28.4 Å². The molecule has 0 amide bonds. The average molecular weight is 240 g/mol. The van der Waals surface area contributed by atoms with Crippen molar-refractivity contribution in [1.29, 1.82) is 0 Å². The Labute approximate surface area is 86.0 Å². The molecule has 2 radical (unpaired) electrons. The molecule has 0 N–H and O–H groups in total. The van der Waals surface area contributed by atoms with Crippen molar-refractivity contribution >= 4 is 36.2 Å². The van der Waals surface area contributed by atoms with Gasteiger partial charge in [-0.3, -0.25) is 0 Å². The summed E-state index contributed by atoms with van der Waals surface area (Å²) in [6.07, 6.45) is -0.707. The minimum absolute atomic E-state index is 0.199. The minimum atomic E-state index is -0.479. The Hall–Kier alpha value is 1.19. The molecule has 0 aliphatic carbocycles. The molecule has 0 spiro atoms. The van der Waals surface area contributed by atoms with Gasteiger partial charge in [0.05, 0.1) is 6.61 Å². The molecule has 1 fully saturated rings. The van der Waals surface area contributed by atoms with Crippen LogP contribution in [0.25, 0.3) is 0 Å². The summed E-state index contributed by atoms with van der Waals surface area (Å²) in [5.41, 5.74) is 0. The highest BCUT2D eigenvalue weighted by Crippen LogP contribution is 2.28. The highest BCUT2D eigenvalue weighted by atomic mass is 31.0. The first-order chi connectivity index (χ1) is 6.24. The van der Waals surface area contributed by atoms with Crippen LogP contribution in [0.5, 0.6) is 0 Å². The van der Waals surface area contributed by atoms with Crippen molar-refractivity contribution in [3.05, 3.63) is 0 Å². The van der Waals surface area contributed by atoms with Gasteiger partial charge < -0.3 is 18.3 Å². The SMILES string of the molecule is [B]C1OC(COP)C(OP)C1OP. The van der Waals surface area contributed by atoms with Crippen molar-refractivity contribution in [2.24, 2.45) is 0 Å². The van der Waals surface area contributed by atoms with Gasteiger partial charge in [-0.1, -0.05) is 0 Å². The van der Waals surface area contributed by atoms with Crippen LogP contribution in [0.1, 0.15) is 0 Å². The van der Waals surface area contributed by atoms with Gasteiger partial charge >= 0.3 is 0 Å². The Bertz CT molecular complexity index is 163. The quantitative estimate of drug-likeness (QED) is 0.513. The first-order valence-corrected chi connectivity index (χ1v) is 5.09. The highest BCUT2D eigenvalue weighted by Gasteiger charge is 2.42. The molecule has 0 aromatic carbocycles. The van der Waals surface area contributed by atoms with E-state index in [9.17, 15) is 0 Å². The zero-order valence-electron chi connectivity index (χ0n) is 6.96. The third-order valence-electron chi connectivity index (χ3n) is 1.92. The van der Waals surface area contributed by atoms with Crippen molar-refractivity contribution in [3.8, 4) is 0 Å². The van der Waals surface area contributed by atoms with Crippen LogP contribution in [0.3, 0.4) is 0 Å². The highest BCUT2D eigenvalue weighted by molar-refractivity contribution is 7.10. The predicted molar refractivity (Wildman–Crippen MR) is 59.2 cm³/mol. The zero-order valence-corrected chi connectivity index (χ0v) is 10.4. The maximum absolute atomic E-state index is 5.66. The van der Waals surface area contributed by atoms with E-state index in [0.29, 0.717) is 6.61 Å². The first-order valence-electron chi connectivity index (χ1n) is 3.68. The summed E-state index contributed by atoms with van der Waals surface area (Å²) in [4.78, 5) is 0. The van der Waals surface area contributed by atoms with Crippen LogP contribution in [0, 0.1) is 0 Å². The van der Waals surface area contributed by atoms with Crippen LogP contribution < -0.4 is 0 Å². The van der Waals surface area contributed by atoms with Gasteiger partial charge in [0.25, 0.3) is 0 Å². The van der Waals surface area contributed by atoms with Gasteiger partial charge in [-0.25, -0.2) is 0 Å². The Balaban J connectivity index is 2.57. The number of hydrogen-bond acceptors (Lipinski definition) is 4. The molecule has 1 aliphatic heterocycles. The van der Waals surface area contributed by atoms with Gasteiger partial charge in [0.15, 0.2) is 0 Å². The monoisotopic (exact) mass is 240 g/mol. The molecule has 7 atom stereocenters. The Morgan fingerprint density at radius 1 is 1.15 bits per heavy atom. The van der Waals surface area contributed by atoms with Crippen molar-refractivity contribution in [2.75, 3.05) is 6.61 Å². The van der Waals surface area contributed by atoms with Gasteiger partial charge in [-0.2, -0.15) is 0 Å². The van der Waals surface area contributed by atoms with Gasteiger partial charge in [0, 0.05) is 34.4 Å². The third-order valence-corrected chi connectivity index (χ3v) is 2.74. The third kappa shape index (κ3) is 2.82. The molecular formula is C5H12BO4P3. The predicted octanol–water partition coefficient (Wildman–Crippen LogP) is 0.0371. The minimum Gasteiger partial charge on any atom is -0.377 e. The summed E-state index contributed by atoms with van der Waals surface area (Å²) in [6, 6.07) is -0.479. The van der Waals surface area contributed by atoms with Gasteiger partial charge in [0.1, 0.15) is 26.2 Å². The van der Waals surface area contributed by atoms with E-state index in [0.717, 1.165) is 0 Å². The smallest absolute Gasteiger partial charge is 0.118 e. The molecule has 1 heterocycles. The molecule has 1 aliphatic rings. The molecule has 8 heteroatoms. The van der Waals surface area contributed by atoms with Gasteiger partial charge in [-0.05, 0) is 0 Å². The Morgan fingerprint density at radius 2 is 1.77 bits per heavy atom. The summed E-state index contributed by atoms with van der Waals surface area (Å²) in [6.45, 7) is 0.405. The maximum Gasteiger partial charge on any atom is 0.118 e. The summed E-state index contributed by atoms with van der Waals surface area (Å²) in [5.74, 6) is 0. The summed E-state index contributed by atoms with van der Waals surface area (Å²) in [5, 5.41) is 0. The van der Waals surface area contributed by atoms with E-state index < -0.39 is 6.00 Å². The lowest BCUT2D eigenvalue weighted by Crippen LogP contribution is -2.35. The molecule has 1 saturated heterocycles. The Kier molecular flexibility index (Phi) is 5.59. The number of rotatable bonds is 4. The second kappa shape index (κ2) is 5.93. The van der Waals surface area contributed by atoms with E-state index >= 15 is 0 Å². The van der Waals surface area contributed by atoms with Crippen molar-refractivity contribution in [3.63, 3.8) is 0 Å². The molecule has 1 rings (SSSR count). The van der Waals surface area contributed by atoms with Gasteiger partial charge in [-0.15, -0.1) is 0 Å². The number of hydrogen-bond donors (Lipinski definition) is 0. The molecule has 0 bridgehead atoms. The van der Waals surface area contributed by atoms with Crippen molar-refractivity contribution in [2.45, 2.75) is 24.3 Å². The average Bonchev–Trinajstić information content (AvgIpc) is 2.41. The lowest BCUT2D eigenvalue weighted by molar-refractivity contribution is 0.0198. The molecule has 0 saturated carbocycles. The fourth-order valence-electron chi connectivity index (χ4n) is 1.30. The molecule has 4 nitrogen and oxygen atoms in total. The molecule has 0 aromatic heterocycles. The van der Waals surface area contributed by atoms with E-state index in [4.69, 9.17) is 26.2 Å². The number of ether oxygens (including phenoxy) is 1. The lowest BCUT2D eigenvalue weighted by atomic mass is 9.93. The summed E-state index contributed by atoms with van der Waals surface area (Å²) < 4.78 is 20.5. The fourth-order valence-corrected chi connectivity index (χ4v) is 2.13. The molecule has 74 valence electrons. The van der Waals surface area contributed by atoms with Crippen LogP contribution in [0.4, 0.5) is 0 Å². The largest absolute Gasteiger partial charge is 0.377 e. The normalized spacial score (nSPS) is 39.6. The second-order valence-electron chi connectivity index (χ2n) is 2.67. The van der Waals surface area contributed by atoms with E-state index in [1.165, 1.54) is 0 Å². The molecular weight excluding hydrogens is 228 g/mol. The van der Waals surface area contributed by atoms with Crippen LogP contribution in [-0.2, 0) is 18.3 Å². The van der Waals surface area contributed by atoms with Crippen molar-refractivity contribution < 1.29 is 18.3 Å². The van der Waals surface area contributed by atoms with Crippen LogP contribution in [0.2, 0.25) is 0 Å². The maximum atomic E-state index is 5.66.